The van der Waals surface area contributed by atoms with Gasteiger partial charge in [-0.2, -0.15) is 8.78 Å². The van der Waals surface area contributed by atoms with Crippen LogP contribution in [0.1, 0.15) is 12.5 Å². The van der Waals surface area contributed by atoms with Crippen molar-refractivity contribution in [3.63, 3.8) is 0 Å². The van der Waals surface area contributed by atoms with Crippen molar-refractivity contribution in [2.75, 3.05) is 13.8 Å². The molecule has 0 saturated heterocycles. The van der Waals surface area contributed by atoms with E-state index in [1.54, 1.807) is 6.92 Å². The molecule has 0 fully saturated rings. The zero-order valence-corrected chi connectivity index (χ0v) is 11.6. The van der Waals surface area contributed by atoms with Crippen molar-refractivity contribution in [3.8, 4) is 17.2 Å². The van der Waals surface area contributed by atoms with E-state index in [1.807, 2.05) is 0 Å². The minimum atomic E-state index is -2.97. The van der Waals surface area contributed by atoms with E-state index in [2.05, 4.69) is 4.74 Å². The molecule has 0 unspecified atom stereocenters. The molecule has 1 atom stereocenters. The second-order valence-electron chi connectivity index (χ2n) is 4.67. The summed E-state index contributed by atoms with van der Waals surface area (Å²) >= 11 is 0. The molecular weight excluding hydrogens is 286 g/mol. The predicted octanol–water partition coefficient (Wildman–Crippen LogP) is 1.32. The van der Waals surface area contributed by atoms with Gasteiger partial charge in [0.15, 0.2) is 11.5 Å². The molecule has 1 amide bonds. The van der Waals surface area contributed by atoms with Crippen LogP contribution in [-0.4, -0.2) is 37.3 Å². The van der Waals surface area contributed by atoms with Gasteiger partial charge < -0.3 is 24.8 Å². The summed E-state index contributed by atoms with van der Waals surface area (Å²) in [5, 5.41) is 0. The summed E-state index contributed by atoms with van der Waals surface area (Å²) in [5.41, 5.74) is 5.90. The van der Waals surface area contributed by atoms with Crippen molar-refractivity contribution in [2.45, 2.75) is 26.1 Å². The van der Waals surface area contributed by atoms with Crippen LogP contribution in [0.15, 0.2) is 12.1 Å². The fourth-order valence-corrected chi connectivity index (χ4v) is 1.98. The minimum absolute atomic E-state index is 0.0154. The van der Waals surface area contributed by atoms with Crippen molar-refractivity contribution in [2.24, 2.45) is 5.73 Å². The van der Waals surface area contributed by atoms with Crippen LogP contribution in [0.5, 0.6) is 17.2 Å². The molecule has 1 aromatic carbocycles. The van der Waals surface area contributed by atoms with Crippen LogP contribution in [0.3, 0.4) is 0 Å². The third-order valence-corrected chi connectivity index (χ3v) is 2.95. The highest BCUT2D eigenvalue weighted by molar-refractivity contribution is 5.81. The Labute approximate surface area is 120 Å². The fourth-order valence-electron chi connectivity index (χ4n) is 1.98. The largest absolute Gasteiger partial charge is 0.454 e. The number of nitrogens with zero attached hydrogens (tertiary/aromatic N) is 1. The third kappa shape index (κ3) is 3.52. The van der Waals surface area contributed by atoms with E-state index < -0.39 is 12.7 Å². The van der Waals surface area contributed by atoms with Crippen molar-refractivity contribution >= 4 is 5.91 Å². The minimum Gasteiger partial charge on any atom is -0.454 e. The SMILES string of the molecule is C[C@H](N)C(=O)N(C)Cc1cc2c(cc1OC(F)F)OCO2. The quantitative estimate of drug-likeness (QED) is 0.888. The van der Waals surface area contributed by atoms with Gasteiger partial charge in [-0.15, -0.1) is 0 Å². The van der Waals surface area contributed by atoms with Gasteiger partial charge in [-0.05, 0) is 13.0 Å². The van der Waals surface area contributed by atoms with Crippen LogP contribution in [0.2, 0.25) is 0 Å². The van der Waals surface area contributed by atoms with Crippen LogP contribution in [0, 0.1) is 0 Å². The lowest BCUT2D eigenvalue weighted by molar-refractivity contribution is -0.131. The zero-order valence-electron chi connectivity index (χ0n) is 11.6. The van der Waals surface area contributed by atoms with Gasteiger partial charge in [0.2, 0.25) is 12.7 Å². The molecule has 1 heterocycles. The Kier molecular flexibility index (Phi) is 4.46. The lowest BCUT2D eigenvalue weighted by Gasteiger charge is -2.21. The maximum absolute atomic E-state index is 12.5. The van der Waals surface area contributed by atoms with Gasteiger partial charge in [0.25, 0.3) is 0 Å². The molecule has 6 nitrogen and oxygen atoms in total. The third-order valence-electron chi connectivity index (χ3n) is 2.95. The number of alkyl halides is 2. The number of fused-ring (bicyclic) bond motifs is 1. The zero-order chi connectivity index (χ0) is 15.6. The molecule has 0 bridgehead atoms. The predicted molar refractivity (Wildman–Crippen MR) is 69.3 cm³/mol. The highest BCUT2D eigenvalue weighted by atomic mass is 19.3. The fraction of sp³-hybridized carbons (Fsp3) is 0.462. The summed E-state index contributed by atoms with van der Waals surface area (Å²) in [6, 6.07) is 2.17. The summed E-state index contributed by atoms with van der Waals surface area (Å²) in [6.45, 7) is -1.34. The van der Waals surface area contributed by atoms with E-state index in [9.17, 15) is 13.6 Å². The Bertz CT molecular complexity index is 537. The van der Waals surface area contributed by atoms with Crippen LogP contribution in [0.4, 0.5) is 8.78 Å². The van der Waals surface area contributed by atoms with Crippen LogP contribution in [-0.2, 0) is 11.3 Å². The monoisotopic (exact) mass is 302 g/mol. The van der Waals surface area contributed by atoms with Gasteiger partial charge in [-0.25, -0.2) is 0 Å². The molecule has 0 spiro atoms. The number of carbonyl (C=O) groups is 1. The van der Waals surface area contributed by atoms with Gasteiger partial charge in [-0.3, -0.25) is 4.79 Å². The van der Waals surface area contributed by atoms with E-state index >= 15 is 0 Å². The maximum Gasteiger partial charge on any atom is 0.387 e. The number of amides is 1. The molecule has 2 rings (SSSR count). The molecule has 0 radical (unpaired) electrons. The van der Waals surface area contributed by atoms with Gasteiger partial charge >= 0.3 is 6.61 Å². The number of carbonyl (C=O) groups excluding carboxylic acids is 1. The summed E-state index contributed by atoms with van der Waals surface area (Å²) in [6.07, 6.45) is 0. The number of rotatable bonds is 5. The highest BCUT2D eigenvalue weighted by Gasteiger charge is 2.22. The first kappa shape index (κ1) is 15.3. The lowest BCUT2D eigenvalue weighted by atomic mass is 10.1. The Hall–Kier alpha value is -2.09. The Morgan fingerprint density at radius 2 is 2.05 bits per heavy atom. The summed E-state index contributed by atoms with van der Waals surface area (Å²) < 4.78 is 39.8. The summed E-state index contributed by atoms with van der Waals surface area (Å²) in [7, 11) is 1.53. The molecule has 8 heteroatoms. The highest BCUT2D eigenvalue weighted by Crippen LogP contribution is 2.39. The molecule has 2 N–H and O–H groups in total. The number of hydrogen-bond donors (Lipinski definition) is 1. The Morgan fingerprint density at radius 1 is 1.43 bits per heavy atom. The number of halogens is 2. The summed E-state index contributed by atoms with van der Waals surface area (Å²) in [5.74, 6) is 0.387. The van der Waals surface area contributed by atoms with Gasteiger partial charge in [0, 0.05) is 25.2 Å². The lowest BCUT2D eigenvalue weighted by Crippen LogP contribution is -2.39. The van der Waals surface area contributed by atoms with E-state index in [1.165, 1.54) is 24.1 Å². The number of benzene rings is 1. The molecule has 1 aliphatic rings. The van der Waals surface area contributed by atoms with Crippen molar-refractivity contribution in [1.29, 1.82) is 0 Å². The second kappa shape index (κ2) is 6.13. The Morgan fingerprint density at radius 3 is 2.62 bits per heavy atom. The Balaban J connectivity index is 2.26. The molecule has 1 aliphatic heterocycles. The summed E-state index contributed by atoms with van der Waals surface area (Å²) in [4.78, 5) is 13.1. The van der Waals surface area contributed by atoms with Crippen molar-refractivity contribution in [1.82, 2.24) is 4.90 Å². The van der Waals surface area contributed by atoms with Crippen LogP contribution in [0.25, 0.3) is 0 Å². The molecule has 116 valence electrons. The number of ether oxygens (including phenoxy) is 3. The topological polar surface area (TPSA) is 74.0 Å². The average Bonchev–Trinajstić information content (AvgIpc) is 2.84. The smallest absolute Gasteiger partial charge is 0.387 e. The molecule has 0 aliphatic carbocycles. The molecule has 0 saturated carbocycles. The first-order chi connectivity index (χ1) is 9.88. The standard InChI is InChI=1S/C13H16F2N2O4/c1-7(16)12(18)17(2)5-8-3-10-11(20-6-19-10)4-9(8)21-13(14)15/h3-4,7,13H,5-6,16H2,1-2H3/t7-/m0/s1. The molecule has 21 heavy (non-hydrogen) atoms. The maximum atomic E-state index is 12.5. The molecule has 0 aromatic heterocycles. The second-order valence-corrected chi connectivity index (χ2v) is 4.67. The van der Waals surface area contributed by atoms with Gasteiger partial charge in [0.1, 0.15) is 5.75 Å². The van der Waals surface area contributed by atoms with Crippen LogP contribution < -0.4 is 19.9 Å². The van der Waals surface area contributed by atoms with Crippen molar-refractivity contribution in [3.05, 3.63) is 17.7 Å². The van der Waals surface area contributed by atoms with Crippen LogP contribution >= 0.6 is 0 Å². The van der Waals surface area contributed by atoms with Gasteiger partial charge in [0.05, 0.1) is 6.04 Å². The van der Waals surface area contributed by atoms with E-state index in [4.69, 9.17) is 15.2 Å². The van der Waals surface area contributed by atoms with E-state index in [-0.39, 0.29) is 25.0 Å². The van der Waals surface area contributed by atoms with E-state index in [0.717, 1.165) is 0 Å². The normalized spacial score (nSPS) is 14.2. The molecule has 1 aromatic rings. The van der Waals surface area contributed by atoms with Crippen molar-refractivity contribution < 1.29 is 27.8 Å². The van der Waals surface area contributed by atoms with Gasteiger partial charge in [-0.1, -0.05) is 0 Å². The average molecular weight is 302 g/mol. The first-order valence-electron chi connectivity index (χ1n) is 6.26. The number of nitrogens with two attached hydrogens (primary N) is 1. The number of likely N-dealkylation sites (N-methyl/N-ethyl adjacent to an activating group) is 1. The van der Waals surface area contributed by atoms with E-state index in [0.29, 0.717) is 17.1 Å². The first-order valence-corrected chi connectivity index (χ1v) is 6.26. The number of hydrogen-bond acceptors (Lipinski definition) is 5. The molecular formula is C13H16F2N2O4.